The van der Waals surface area contributed by atoms with Crippen molar-refractivity contribution in [3.8, 4) is 5.75 Å². The summed E-state index contributed by atoms with van der Waals surface area (Å²) in [5, 5.41) is 9.23. The van der Waals surface area contributed by atoms with Gasteiger partial charge < -0.3 is 9.84 Å². The second-order valence-corrected chi connectivity index (χ2v) is 2.92. The largest absolute Gasteiger partial charge is 0.573 e. The first kappa shape index (κ1) is 12.5. The Morgan fingerprint density at radius 2 is 2.00 bits per heavy atom. The van der Waals surface area contributed by atoms with E-state index in [2.05, 4.69) is 11.3 Å². The topological polar surface area (TPSA) is 29.5 Å². The highest BCUT2D eigenvalue weighted by molar-refractivity contribution is 5.31. The summed E-state index contributed by atoms with van der Waals surface area (Å²) in [5.74, 6) is -2.14. The molecule has 0 bridgehead atoms. The Bertz CT molecular complexity index is 387. The van der Waals surface area contributed by atoms with E-state index in [9.17, 15) is 22.7 Å². The zero-order chi connectivity index (χ0) is 12.3. The molecule has 1 N–H and O–H groups in total. The van der Waals surface area contributed by atoms with Gasteiger partial charge >= 0.3 is 6.36 Å². The van der Waals surface area contributed by atoms with Crippen molar-refractivity contribution in [3.05, 3.63) is 42.2 Å². The van der Waals surface area contributed by atoms with E-state index < -0.39 is 24.0 Å². The molecule has 1 atom stereocenters. The van der Waals surface area contributed by atoms with Gasteiger partial charge in [0.05, 0.1) is 6.10 Å². The van der Waals surface area contributed by atoms with Crippen molar-refractivity contribution in [1.29, 1.82) is 0 Å². The minimum absolute atomic E-state index is 0.0991. The first-order chi connectivity index (χ1) is 7.33. The fourth-order valence-corrected chi connectivity index (χ4v) is 1.04. The van der Waals surface area contributed by atoms with E-state index in [0.717, 1.165) is 24.3 Å². The molecule has 0 aliphatic carbocycles. The van der Waals surface area contributed by atoms with Crippen LogP contribution in [0.4, 0.5) is 17.6 Å². The first-order valence-corrected chi connectivity index (χ1v) is 4.19. The van der Waals surface area contributed by atoms with Crippen molar-refractivity contribution in [1.82, 2.24) is 0 Å². The molecule has 0 saturated carbocycles. The second kappa shape index (κ2) is 4.52. The highest BCUT2D eigenvalue weighted by Gasteiger charge is 2.32. The highest BCUT2D eigenvalue weighted by Crippen LogP contribution is 2.27. The van der Waals surface area contributed by atoms with Gasteiger partial charge in [0, 0.05) is 0 Å². The molecule has 1 unspecified atom stereocenters. The molecule has 0 saturated heterocycles. The summed E-state index contributed by atoms with van der Waals surface area (Å²) in [6, 6.07) is 2.68. The van der Waals surface area contributed by atoms with Crippen LogP contribution in [0, 0.1) is 5.82 Å². The van der Waals surface area contributed by atoms with Crippen LogP contribution in [0.2, 0.25) is 0 Å². The lowest BCUT2D eigenvalue weighted by Crippen LogP contribution is -2.18. The van der Waals surface area contributed by atoms with Crippen LogP contribution in [-0.4, -0.2) is 11.5 Å². The number of alkyl halides is 3. The SMILES string of the molecule is C=CC(O)c1ccc(OC(F)(F)F)c(F)c1. The average molecular weight is 236 g/mol. The van der Waals surface area contributed by atoms with Gasteiger partial charge in [-0.15, -0.1) is 19.8 Å². The molecule has 0 fully saturated rings. The molecule has 0 aromatic heterocycles. The van der Waals surface area contributed by atoms with Gasteiger partial charge in [-0.05, 0) is 17.7 Å². The molecular weight excluding hydrogens is 228 g/mol. The molecule has 1 rings (SSSR count). The maximum atomic E-state index is 13.1. The summed E-state index contributed by atoms with van der Waals surface area (Å²) < 4.78 is 51.9. The molecule has 0 radical (unpaired) electrons. The van der Waals surface area contributed by atoms with E-state index in [-0.39, 0.29) is 5.56 Å². The lowest BCUT2D eigenvalue weighted by Gasteiger charge is -2.11. The van der Waals surface area contributed by atoms with E-state index in [4.69, 9.17) is 0 Å². The Kier molecular flexibility index (Phi) is 3.54. The summed E-state index contributed by atoms with van der Waals surface area (Å²) in [7, 11) is 0. The van der Waals surface area contributed by atoms with Crippen LogP contribution in [0.5, 0.6) is 5.75 Å². The Morgan fingerprint density at radius 1 is 1.38 bits per heavy atom. The summed E-state index contributed by atoms with van der Waals surface area (Å²) in [5.41, 5.74) is 0.0991. The van der Waals surface area contributed by atoms with Gasteiger partial charge in [0.15, 0.2) is 11.6 Å². The molecule has 16 heavy (non-hydrogen) atoms. The number of rotatable bonds is 3. The lowest BCUT2D eigenvalue weighted by molar-refractivity contribution is -0.275. The summed E-state index contributed by atoms with van der Waals surface area (Å²) in [6.07, 6.45) is -4.95. The minimum Gasteiger partial charge on any atom is -0.403 e. The zero-order valence-electron chi connectivity index (χ0n) is 7.96. The highest BCUT2D eigenvalue weighted by atomic mass is 19.4. The Balaban J connectivity index is 2.96. The number of aliphatic hydroxyl groups excluding tert-OH is 1. The number of ether oxygens (including phenoxy) is 1. The van der Waals surface area contributed by atoms with E-state index in [1.54, 1.807) is 0 Å². The molecule has 0 heterocycles. The molecule has 1 aromatic rings. The standard InChI is InChI=1S/C10H8F4O2/c1-2-8(15)6-3-4-9(7(11)5-6)16-10(12,13)14/h2-5,8,15H,1H2. The summed E-state index contributed by atoms with van der Waals surface area (Å²) in [6.45, 7) is 3.26. The third kappa shape index (κ3) is 3.23. The van der Waals surface area contributed by atoms with Crippen molar-refractivity contribution in [2.45, 2.75) is 12.5 Å². The maximum absolute atomic E-state index is 13.1. The van der Waals surface area contributed by atoms with Crippen molar-refractivity contribution in [2.75, 3.05) is 0 Å². The number of aliphatic hydroxyl groups is 1. The Labute approximate surface area is 88.8 Å². The Morgan fingerprint density at radius 3 is 2.44 bits per heavy atom. The van der Waals surface area contributed by atoms with Crippen LogP contribution in [0.15, 0.2) is 30.9 Å². The minimum atomic E-state index is -4.95. The van der Waals surface area contributed by atoms with Gasteiger partial charge in [0.2, 0.25) is 0 Å². The van der Waals surface area contributed by atoms with Crippen molar-refractivity contribution in [2.24, 2.45) is 0 Å². The molecule has 6 heteroatoms. The maximum Gasteiger partial charge on any atom is 0.573 e. The summed E-state index contributed by atoms with van der Waals surface area (Å²) >= 11 is 0. The third-order valence-corrected chi connectivity index (χ3v) is 1.75. The van der Waals surface area contributed by atoms with Crippen molar-refractivity contribution in [3.63, 3.8) is 0 Å². The predicted octanol–water partition coefficient (Wildman–Crippen LogP) is 2.94. The van der Waals surface area contributed by atoms with E-state index in [1.807, 2.05) is 0 Å². The predicted molar refractivity (Wildman–Crippen MR) is 48.2 cm³/mol. The number of hydrogen-bond donors (Lipinski definition) is 1. The van der Waals surface area contributed by atoms with Crippen LogP contribution in [-0.2, 0) is 0 Å². The molecule has 0 aliphatic heterocycles. The van der Waals surface area contributed by atoms with Gasteiger partial charge in [0.1, 0.15) is 0 Å². The molecule has 88 valence electrons. The lowest BCUT2D eigenvalue weighted by atomic mass is 10.1. The molecule has 2 nitrogen and oxygen atoms in total. The summed E-state index contributed by atoms with van der Waals surface area (Å²) in [4.78, 5) is 0. The quantitative estimate of drug-likeness (QED) is 0.645. The second-order valence-electron chi connectivity index (χ2n) is 2.92. The van der Waals surface area contributed by atoms with Gasteiger partial charge in [0.25, 0.3) is 0 Å². The average Bonchev–Trinajstić information content (AvgIpc) is 2.18. The monoisotopic (exact) mass is 236 g/mol. The molecule has 0 amide bonds. The Hall–Kier alpha value is -1.56. The van der Waals surface area contributed by atoms with Crippen LogP contribution < -0.4 is 4.74 Å². The van der Waals surface area contributed by atoms with E-state index in [0.29, 0.717) is 0 Å². The zero-order valence-corrected chi connectivity index (χ0v) is 7.96. The van der Waals surface area contributed by atoms with Crippen molar-refractivity contribution < 1.29 is 27.4 Å². The van der Waals surface area contributed by atoms with Gasteiger partial charge in [-0.25, -0.2) is 4.39 Å². The normalized spacial score (nSPS) is 13.3. The molecule has 0 aliphatic rings. The van der Waals surface area contributed by atoms with Crippen molar-refractivity contribution >= 4 is 0 Å². The third-order valence-electron chi connectivity index (χ3n) is 1.75. The van der Waals surface area contributed by atoms with Crippen LogP contribution >= 0.6 is 0 Å². The van der Waals surface area contributed by atoms with E-state index >= 15 is 0 Å². The fraction of sp³-hybridized carbons (Fsp3) is 0.200. The number of halogens is 4. The molecular formula is C10H8F4O2. The number of benzene rings is 1. The smallest absolute Gasteiger partial charge is 0.403 e. The fourth-order valence-electron chi connectivity index (χ4n) is 1.04. The van der Waals surface area contributed by atoms with Crippen LogP contribution in [0.3, 0.4) is 0 Å². The first-order valence-electron chi connectivity index (χ1n) is 4.19. The van der Waals surface area contributed by atoms with Gasteiger partial charge in [-0.3, -0.25) is 0 Å². The van der Waals surface area contributed by atoms with Gasteiger partial charge in [-0.1, -0.05) is 12.1 Å². The number of hydrogen-bond acceptors (Lipinski definition) is 2. The van der Waals surface area contributed by atoms with Crippen LogP contribution in [0.25, 0.3) is 0 Å². The molecule has 0 spiro atoms. The van der Waals surface area contributed by atoms with Crippen LogP contribution in [0.1, 0.15) is 11.7 Å². The molecule has 1 aromatic carbocycles. The van der Waals surface area contributed by atoms with Gasteiger partial charge in [-0.2, -0.15) is 0 Å². The van der Waals surface area contributed by atoms with E-state index in [1.165, 1.54) is 0 Å².